The quantitative estimate of drug-likeness (QED) is 0.496. The molecule has 66 valence electrons. The second-order valence-electron chi connectivity index (χ2n) is 2.56. The third-order valence-electron chi connectivity index (χ3n) is 1.43. The molecule has 0 spiro atoms. The highest BCUT2D eigenvalue weighted by Gasteiger charge is 2.28. The Kier molecular flexibility index (Phi) is 2.48. The molecule has 1 fully saturated rings. The molecule has 0 radical (unpaired) electrons. The van der Waals surface area contributed by atoms with Crippen LogP contribution in [0.4, 0.5) is 0 Å². The van der Waals surface area contributed by atoms with Crippen molar-refractivity contribution >= 4 is 10.1 Å². The minimum absolute atomic E-state index is 0.383. The topological polar surface area (TPSA) is 75.6 Å². The molecule has 1 aliphatic rings. The summed E-state index contributed by atoms with van der Waals surface area (Å²) in [6, 6.07) is 0. The van der Waals surface area contributed by atoms with Gasteiger partial charge in [0.15, 0.2) is 0 Å². The Morgan fingerprint density at radius 1 is 1.55 bits per heavy atom. The van der Waals surface area contributed by atoms with E-state index in [0.717, 1.165) is 6.26 Å². The first-order valence-electron chi connectivity index (χ1n) is 3.26. The lowest BCUT2D eigenvalue weighted by Gasteiger charge is -2.11. The van der Waals surface area contributed by atoms with Crippen LogP contribution in [0.25, 0.3) is 0 Å². The van der Waals surface area contributed by atoms with Crippen LogP contribution in [-0.4, -0.2) is 45.1 Å². The SMILES string of the molecule is CS(=O)(=O)O[C@@H]1CNC[C@H]1O. The summed E-state index contributed by atoms with van der Waals surface area (Å²) in [4.78, 5) is 0. The van der Waals surface area contributed by atoms with Crippen molar-refractivity contribution in [1.82, 2.24) is 5.32 Å². The molecule has 1 aliphatic heterocycles. The first-order valence-corrected chi connectivity index (χ1v) is 5.08. The van der Waals surface area contributed by atoms with Gasteiger partial charge in [-0.05, 0) is 0 Å². The Balaban J connectivity index is 2.50. The van der Waals surface area contributed by atoms with E-state index < -0.39 is 22.3 Å². The predicted molar refractivity (Wildman–Crippen MR) is 38.6 cm³/mol. The van der Waals surface area contributed by atoms with Gasteiger partial charge in [0.1, 0.15) is 6.10 Å². The van der Waals surface area contributed by atoms with Gasteiger partial charge >= 0.3 is 0 Å². The van der Waals surface area contributed by atoms with E-state index in [1.54, 1.807) is 0 Å². The smallest absolute Gasteiger partial charge is 0.264 e. The van der Waals surface area contributed by atoms with Crippen LogP contribution in [-0.2, 0) is 14.3 Å². The molecule has 6 heteroatoms. The lowest BCUT2D eigenvalue weighted by atomic mass is 10.3. The summed E-state index contributed by atoms with van der Waals surface area (Å²) in [6.07, 6.45) is -0.368. The standard InChI is InChI=1S/C5H11NO4S/c1-11(8,9)10-5-3-6-2-4(5)7/h4-7H,2-3H2,1H3/t4-,5-/m1/s1. The van der Waals surface area contributed by atoms with Crippen molar-refractivity contribution in [2.24, 2.45) is 0 Å². The molecule has 0 aromatic rings. The zero-order valence-corrected chi connectivity index (χ0v) is 6.97. The molecule has 1 heterocycles. The lowest BCUT2D eigenvalue weighted by Crippen LogP contribution is -2.29. The Hall–Kier alpha value is -0.170. The molecular weight excluding hydrogens is 170 g/mol. The van der Waals surface area contributed by atoms with Gasteiger partial charge in [0.25, 0.3) is 10.1 Å². The van der Waals surface area contributed by atoms with Crippen molar-refractivity contribution in [3.63, 3.8) is 0 Å². The molecule has 0 bridgehead atoms. The van der Waals surface area contributed by atoms with Crippen molar-refractivity contribution in [3.05, 3.63) is 0 Å². The second-order valence-corrected chi connectivity index (χ2v) is 4.17. The van der Waals surface area contributed by atoms with Gasteiger partial charge in [-0.3, -0.25) is 4.18 Å². The van der Waals surface area contributed by atoms with Gasteiger partial charge in [0.2, 0.25) is 0 Å². The maximum absolute atomic E-state index is 10.6. The average Bonchev–Trinajstić information content (AvgIpc) is 2.12. The van der Waals surface area contributed by atoms with Gasteiger partial charge in [-0.25, -0.2) is 0 Å². The van der Waals surface area contributed by atoms with E-state index in [4.69, 9.17) is 5.11 Å². The molecule has 2 atom stereocenters. The highest BCUT2D eigenvalue weighted by molar-refractivity contribution is 7.86. The van der Waals surface area contributed by atoms with Gasteiger partial charge < -0.3 is 10.4 Å². The van der Waals surface area contributed by atoms with Gasteiger partial charge in [0.05, 0.1) is 12.4 Å². The highest BCUT2D eigenvalue weighted by Crippen LogP contribution is 2.06. The van der Waals surface area contributed by atoms with E-state index in [-0.39, 0.29) is 0 Å². The van der Waals surface area contributed by atoms with Crippen LogP contribution in [0, 0.1) is 0 Å². The number of aliphatic hydroxyl groups is 1. The Bertz CT molecular complexity index is 225. The number of hydrogen-bond acceptors (Lipinski definition) is 5. The van der Waals surface area contributed by atoms with Crippen LogP contribution < -0.4 is 5.32 Å². The van der Waals surface area contributed by atoms with Crippen LogP contribution in [0.3, 0.4) is 0 Å². The third-order valence-corrected chi connectivity index (χ3v) is 2.02. The van der Waals surface area contributed by atoms with Gasteiger partial charge in [-0.15, -0.1) is 0 Å². The fraction of sp³-hybridized carbons (Fsp3) is 1.00. The summed E-state index contributed by atoms with van der Waals surface area (Å²) in [5.74, 6) is 0. The zero-order valence-electron chi connectivity index (χ0n) is 6.15. The molecule has 0 unspecified atom stereocenters. The molecule has 0 saturated carbocycles. The Labute approximate surface area is 65.5 Å². The third kappa shape index (κ3) is 2.74. The van der Waals surface area contributed by atoms with E-state index in [1.807, 2.05) is 0 Å². The molecule has 1 rings (SSSR count). The van der Waals surface area contributed by atoms with Crippen LogP contribution in [0.1, 0.15) is 0 Å². The van der Waals surface area contributed by atoms with Gasteiger partial charge in [0, 0.05) is 13.1 Å². The maximum Gasteiger partial charge on any atom is 0.264 e. The largest absolute Gasteiger partial charge is 0.389 e. The molecule has 1 saturated heterocycles. The summed E-state index contributed by atoms with van der Waals surface area (Å²) in [7, 11) is -3.44. The zero-order chi connectivity index (χ0) is 8.48. The van der Waals surface area contributed by atoms with E-state index in [9.17, 15) is 8.42 Å². The van der Waals surface area contributed by atoms with Crippen molar-refractivity contribution in [2.45, 2.75) is 12.2 Å². The predicted octanol–water partition coefficient (Wildman–Crippen LogP) is -1.70. The lowest BCUT2D eigenvalue weighted by molar-refractivity contribution is 0.0787. The molecule has 0 aromatic heterocycles. The van der Waals surface area contributed by atoms with E-state index >= 15 is 0 Å². The fourth-order valence-corrected chi connectivity index (χ4v) is 1.61. The minimum Gasteiger partial charge on any atom is -0.389 e. The number of rotatable bonds is 2. The van der Waals surface area contributed by atoms with Crippen LogP contribution >= 0.6 is 0 Å². The first-order chi connectivity index (χ1) is 4.99. The summed E-state index contributed by atoms with van der Waals surface area (Å²) >= 11 is 0. The van der Waals surface area contributed by atoms with Crippen molar-refractivity contribution in [1.29, 1.82) is 0 Å². The second kappa shape index (κ2) is 3.06. The maximum atomic E-state index is 10.6. The van der Waals surface area contributed by atoms with E-state index in [1.165, 1.54) is 0 Å². The van der Waals surface area contributed by atoms with Crippen LogP contribution in [0.2, 0.25) is 0 Å². The van der Waals surface area contributed by atoms with Gasteiger partial charge in [-0.1, -0.05) is 0 Å². The van der Waals surface area contributed by atoms with E-state index in [0.29, 0.717) is 13.1 Å². The monoisotopic (exact) mass is 181 g/mol. The van der Waals surface area contributed by atoms with Crippen LogP contribution in [0.5, 0.6) is 0 Å². The molecule has 2 N–H and O–H groups in total. The summed E-state index contributed by atoms with van der Waals surface area (Å²) in [6.45, 7) is 0.772. The average molecular weight is 181 g/mol. The first kappa shape index (κ1) is 8.92. The Morgan fingerprint density at radius 2 is 2.18 bits per heavy atom. The molecule has 0 amide bonds. The number of hydrogen-bond donors (Lipinski definition) is 2. The number of β-amino-alcohol motifs (C(OH)–C–C–N with tert-alkyl or cyclic N) is 1. The molecule has 0 aliphatic carbocycles. The summed E-state index contributed by atoms with van der Waals surface area (Å²) < 4.78 is 25.7. The molecule has 11 heavy (non-hydrogen) atoms. The molecule has 0 aromatic carbocycles. The number of aliphatic hydroxyl groups excluding tert-OH is 1. The van der Waals surface area contributed by atoms with E-state index in [2.05, 4.69) is 9.50 Å². The summed E-state index contributed by atoms with van der Waals surface area (Å²) in [5, 5.41) is 11.9. The molecule has 5 nitrogen and oxygen atoms in total. The fourth-order valence-electron chi connectivity index (χ4n) is 0.964. The molecular formula is C5H11NO4S. The highest BCUT2D eigenvalue weighted by atomic mass is 32.2. The Morgan fingerprint density at radius 3 is 2.55 bits per heavy atom. The van der Waals surface area contributed by atoms with Crippen molar-refractivity contribution < 1.29 is 17.7 Å². The normalized spacial score (nSPS) is 32.5. The van der Waals surface area contributed by atoms with Crippen molar-refractivity contribution in [2.75, 3.05) is 19.3 Å². The summed E-state index contributed by atoms with van der Waals surface area (Å²) in [5.41, 5.74) is 0. The van der Waals surface area contributed by atoms with Crippen molar-refractivity contribution in [3.8, 4) is 0 Å². The van der Waals surface area contributed by atoms with Crippen LogP contribution in [0.15, 0.2) is 0 Å². The van der Waals surface area contributed by atoms with Gasteiger partial charge in [-0.2, -0.15) is 8.42 Å². The minimum atomic E-state index is -3.44. The number of nitrogens with one attached hydrogen (secondary N) is 1.